The van der Waals surface area contributed by atoms with Crippen molar-refractivity contribution in [2.75, 3.05) is 6.61 Å². The van der Waals surface area contributed by atoms with Gasteiger partial charge >= 0.3 is 0 Å². The van der Waals surface area contributed by atoms with Gasteiger partial charge in [0.15, 0.2) is 0 Å². The average Bonchev–Trinajstić information content (AvgIpc) is 2.45. The fourth-order valence-corrected chi connectivity index (χ4v) is 3.13. The molecule has 1 fully saturated rings. The normalized spacial score (nSPS) is 26.7. The lowest BCUT2D eigenvalue weighted by atomic mass is 9.90. The van der Waals surface area contributed by atoms with Crippen LogP contribution in [0.15, 0.2) is 29.2 Å². The van der Waals surface area contributed by atoms with E-state index in [4.69, 9.17) is 9.88 Å². The molecule has 1 aliphatic heterocycles. The summed E-state index contributed by atoms with van der Waals surface area (Å²) < 4.78 is 28.2. The molecule has 0 amide bonds. The van der Waals surface area contributed by atoms with Crippen molar-refractivity contribution in [3.05, 3.63) is 29.8 Å². The molecule has 0 aromatic heterocycles. The summed E-state index contributed by atoms with van der Waals surface area (Å²) in [7, 11) is -3.61. The fraction of sp³-hybridized carbons (Fsp3) is 0.600. The van der Waals surface area contributed by atoms with Gasteiger partial charge in [-0.15, -0.1) is 0 Å². The van der Waals surface area contributed by atoms with Crippen molar-refractivity contribution in [2.24, 2.45) is 5.14 Å². The van der Waals surface area contributed by atoms with Crippen molar-refractivity contribution in [1.29, 1.82) is 0 Å². The summed E-state index contributed by atoms with van der Waals surface area (Å²) in [6, 6.07) is 7.12. The van der Waals surface area contributed by atoms with Gasteiger partial charge in [-0.3, -0.25) is 0 Å². The van der Waals surface area contributed by atoms with E-state index in [1.165, 1.54) is 0 Å². The zero-order valence-corrected chi connectivity index (χ0v) is 13.4. The third-order valence-electron chi connectivity index (χ3n) is 4.19. The van der Waals surface area contributed by atoms with E-state index in [0.717, 1.165) is 38.0 Å². The molecule has 0 saturated carbocycles. The summed E-state index contributed by atoms with van der Waals surface area (Å²) in [5.41, 5.74) is 1.01. The Bertz CT molecular complexity index is 571. The number of sulfonamides is 1. The minimum atomic E-state index is -3.61. The Labute approximate surface area is 126 Å². The summed E-state index contributed by atoms with van der Waals surface area (Å²) in [5.74, 6) is 0. The molecule has 1 aliphatic rings. The first-order chi connectivity index (χ1) is 9.82. The maximum absolute atomic E-state index is 11.2. The smallest absolute Gasteiger partial charge is 0.238 e. The molecule has 1 aromatic rings. The minimum Gasteiger partial charge on any atom is -0.375 e. The number of nitrogens with two attached hydrogens (primary N) is 1. The van der Waals surface area contributed by atoms with Gasteiger partial charge in [-0.25, -0.2) is 13.6 Å². The van der Waals surface area contributed by atoms with Gasteiger partial charge in [0.1, 0.15) is 0 Å². The Morgan fingerprint density at radius 3 is 2.62 bits per heavy atom. The van der Waals surface area contributed by atoms with Gasteiger partial charge in [0.05, 0.1) is 10.5 Å². The largest absolute Gasteiger partial charge is 0.375 e. The summed E-state index contributed by atoms with van der Waals surface area (Å²) in [5, 5.41) is 8.61. The monoisotopic (exact) mass is 312 g/mol. The van der Waals surface area contributed by atoms with Crippen molar-refractivity contribution in [2.45, 2.75) is 56.2 Å². The molecule has 2 atom stereocenters. The molecule has 0 bridgehead atoms. The molecular formula is C15H24N2O3S. The van der Waals surface area contributed by atoms with Crippen LogP contribution in [-0.4, -0.2) is 26.7 Å². The number of primary sulfonamides is 1. The SMILES string of the molecule is CCC1(C)CC(NCc2ccc(S(N)(=O)=O)cc2)CCO1. The predicted molar refractivity (Wildman–Crippen MR) is 82.3 cm³/mol. The third kappa shape index (κ3) is 4.51. The first-order valence-corrected chi connectivity index (χ1v) is 8.86. The van der Waals surface area contributed by atoms with Gasteiger partial charge in [-0.1, -0.05) is 19.1 Å². The van der Waals surface area contributed by atoms with Crippen LogP contribution in [0.25, 0.3) is 0 Å². The molecule has 0 spiro atoms. The van der Waals surface area contributed by atoms with Crippen LogP contribution in [0, 0.1) is 0 Å². The van der Waals surface area contributed by atoms with E-state index >= 15 is 0 Å². The van der Waals surface area contributed by atoms with Gasteiger partial charge < -0.3 is 10.1 Å². The van der Waals surface area contributed by atoms with E-state index < -0.39 is 10.0 Å². The molecule has 1 heterocycles. The van der Waals surface area contributed by atoms with Crippen LogP contribution in [0.1, 0.15) is 38.7 Å². The molecular weight excluding hydrogens is 288 g/mol. The van der Waals surface area contributed by atoms with Gasteiger partial charge in [-0.2, -0.15) is 0 Å². The lowest BCUT2D eigenvalue weighted by Gasteiger charge is -2.38. The van der Waals surface area contributed by atoms with Gasteiger partial charge in [0.2, 0.25) is 10.0 Å². The first kappa shape index (κ1) is 16.4. The first-order valence-electron chi connectivity index (χ1n) is 7.31. The summed E-state index contributed by atoms with van der Waals surface area (Å²) in [4.78, 5) is 0.149. The number of benzene rings is 1. The van der Waals surface area contributed by atoms with Crippen LogP contribution >= 0.6 is 0 Å². The van der Waals surface area contributed by atoms with Gasteiger partial charge in [0.25, 0.3) is 0 Å². The maximum Gasteiger partial charge on any atom is 0.238 e. The number of rotatable bonds is 5. The summed E-state index contributed by atoms with van der Waals surface area (Å²) in [6.07, 6.45) is 3.01. The highest BCUT2D eigenvalue weighted by molar-refractivity contribution is 7.89. The third-order valence-corrected chi connectivity index (χ3v) is 5.12. The van der Waals surface area contributed by atoms with Crippen molar-refractivity contribution in [3.8, 4) is 0 Å². The lowest BCUT2D eigenvalue weighted by Crippen LogP contribution is -2.44. The Hall–Kier alpha value is -0.950. The molecule has 1 aromatic carbocycles. The van der Waals surface area contributed by atoms with Crippen LogP contribution in [0.5, 0.6) is 0 Å². The molecule has 21 heavy (non-hydrogen) atoms. The van der Waals surface area contributed by atoms with Crippen molar-refractivity contribution >= 4 is 10.0 Å². The number of nitrogens with one attached hydrogen (secondary N) is 1. The quantitative estimate of drug-likeness (QED) is 0.868. The molecule has 2 rings (SSSR count). The van der Waals surface area contributed by atoms with E-state index in [1.54, 1.807) is 24.3 Å². The highest BCUT2D eigenvalue weighted by Crippen LogP contribution is 2.27. The van der Waals surface area contributed by atoms with Crippen molar-refractivity contribution < 1.29 is 13.2 Å². The molecule has 2 unspecified atom stereocenters. The number of ether oxygens (including phenoxy) is 1. The second kappa shape index (κ2) is 6.44. The summed E-state index contributed by atoms with van der Waals surface area (Å²) in [6.45, 7) is 5.80. The highest BCUT2D eigenvalue weighted by atomic mass is 32.2. The molecule has 0 aliphatic carbocycles. The number of hydrogen-bond donors (Lipinski definition) is 2. The zero-order valence-electron chi connectivity index (χ0n) is 12.6. The number of hydrogen-bond acceptors (Lipinski definition) is 4. The standard InChI is InChI=1S/C15H24N2O3S/c1-3-15(2)10-13(8-9-20-15)17-11-12-4-6-14(7-5-12)21(16,18)19/h4-7,13,17H,3,8-11H2,1-2H3,(H2,16,18,19). The van der Waals surface area contributed by atoms with Gasteiger partial charge in [-0.05, 0) is 43.9 Å². The average molecular weight is 312 g/mol. The molecule has 5 nitrogen and oxygen atoms in total. The second-order valence-electron chi connectivity index (χ2n) is 5.91. The van der Waals surface area contributed by atoms with E-state index in [0.29, 0.717) is 6.04 Å². The topological polar surface area (TPSA) is 81.4 Å². The predicted octanol–water partition coefficient (Wildman–Crippen LogP) is 1.77. The lowest BCUT2D eigenvalue weighted by molar-refractivity contribution is -0.0781. The Morgan fingerprint density at radius 1 is 1.38 bits per heavy atom. The van der Waals surface area contributed by atoms with Crippen LogP contribution in [0.4, 0.5) is 0 Å². The van der Waals surface area contributed by atoms with E-state index in [-0.39, 0.29) is 10.5 Å². The van der Waals surface area contributed by atoms with Crippen LogP contribution in [0.3, 0.4) is 0 Å². The molecule has 6 heteroatoms. The maximum atomic E-state index is 11.2. The Morgan fingerprint density at radius 2 is 2.05 bits per heavy atom. The molecule has 3 N–H and O–H groups in total. The van der Waals surface area contributed by atoms with E-state index in [1.807, 2.05) is 0 Å². The Kier molecular flexibility index (Phi) is 5.03. The van der Waals surface area contributed by atoms with Crippen LogP contribution in [0.2, 0.25) is 0 Å². The fourth-order valence-electron chi connectivity index (χ4n) is 2.61. The summed E-state index contributed by atoms with van der Waals surface area (Å²) >= 11 is 0. The molecule has 0 radical (unpaired) electrons. The van der Waals surface area contributed by atoms with Gasteiger partial charge in [0, 0.05) is 19.2 Å². The van der Waals surface area contributed by atoms with Crippen molar-refractivity contribution in [3.63, 3.8) is 0 Å². The van der Waals surface area contributed by atoms with E-state index in [9.17, 15) is 8.42 Å². The molecule has 1 saturated heterocycles. The highest BCUT2D eigenvalue weighted by Gasteiger charge is 2.31. The zero-order chi connectivity index (χ0) is 15.5. The van der Waals surface area contributed by atoms with Crippen molar-refractivity contribution in [1.82, 2.24) is 5.32 Å². The molecule has 118 valence electrons. The van der Waals surface area contributed by atoms with E-state index in [2.05, 4.69) is 19.2 Å². The van der Waals surface area contributed by atoms with Crippen LogP contribution in [-0.2, 0) is 21.3 Å². The Balaban J connectivity index is 1.91. The second-order valence-corrected chi connectivity index (χ2v) is 7.47. The minimum absolute atomic E-state index is 0.0343. The van der Waals surface area contributed by atoms with Crippen LogP contribution < -0.4 is 10.5 Å².